The Hall–Kier alpha value is -0.950. The molecule has 0 aliphatic carbocycles. The predicted molar refractivity (Wildman–Crippen MR) is 107 cm³/mol. The topological polar surface area (TPSA) is 49.9 Å². The zero-order valence-electron chi connectivity index (χ0n) is 12.5. The maximum Gasteiger partial charge on any atom is 0.192 e. The second-order valence-corrected chi connectivity index (χ2v) is 8.95. The molecule has 1 atom stereocenters. The molecule has 2 aromatic carbocycles. The van der Waals surface area contributed by atoms with Crippen LogP contribution in [0.15, 0.2) is 45.3 Å². The number of nitrogens with one attached hydrogen (secondary N) is 1. The second-order valence-electron chi connectivity index (χ2n) is 5.34. The minimum Gasteiger partial charge on any atom is -0.352 e. The summed E-state index contributed by atoms with van der Waals surface area (Å²) in [5.74, 6) is -0.211. The summed E-state index contributed by atoms with van der Waals surface area (Å²) in [6.45, 7) is 0. The first-order valence-electron chi connectivity index (χ1n) is 6.96. The number of halogens is 3. The van der Waals surface area contributed by atoms with Gasteiger partial charge in [-0.15, -0.1) is 0 Å². The van der Waals surface area contributed by atoms with Crippen molar-refractivity contribution in [2.75, 3.05) is 12.0 Å². The van der Waals surface area contributed by atoms with Gasteiger partial charge in [-0.05, 0) is 45.8 Å². The lowest BCUT2D eigenvalue weighted by Crippen LogP contribution is -2.11. The monoisotopic (exact) mass is 487 g/mol. The van der Waals surface area contributed by atoms with E-state index in [4.69, 9.17) is 11.6 Å². The highest BCUT2D eigenvalue weighted by Crippen LogP contribution is 2.37. The van der Waals surface area contributed by atoms with Crippen LogP contribution in [0.5, 0.6) is 0 Å². The molecule has 3 aromatic rings. The van der Waals surface area contributed by atoms with Crippen molar-refractivity contribution in [3.05, 3.63) is 56.1 Å². The zero-order valence-corrected chi connectivity index (χ0v) is 17.3. The van der Waals surface area contributed by atoms with Gasteiger partial charge in [0.25, 0.3) is 0 Å². The maximum absolute atomic E-state index is 12.6. The Bertz CT molecular complexity index is 984. The summed E-state index contributed by atoms with van der Waals surface area (Å²) in [5.41, 5.74) is 2.91. The van der Waals surface area contributed by atoms with E-state index in [-0.39, 0.29) is 11.5 Å². The van der Waals surface area contributed by atoms with Crippen LogP contribution in [-0.4, -0.2) is 27.0 Å². The van der Waals surface area contributed by atoms with Crippen LogP contribution in [-0.2, 0) is 10.8 Å². The molecule has 0 saturated heterocycles. The largest absolute Gasteiger partial charge is 0.352 e. The van der Waals surface area contributed by atoms with Crippen molar-refractivity contribution >= 4 is 70.9 Å². The number of ketones is 1. The third kappa shape index (κ3) is 3.52. The van der Waals surface area contributed by atoms with E-state index in [0.717, 1.165) is 31.0 Å². The van der Waals surface area contributed by atoms with Crippen LogP contribution >= 0.6 is 43.5 Å². The van der Waals surface area contributed by atoms with Crippen LogP contribution in [0, 0.1) is 0 Å². The van der Waals surface area contributed by atoms with Gasteiger partial charge in [0.2, 0.25) is 0 Å². The Labute approximate surface area is 163 Å². The summed E-state index contributed by atoms with van der Waals surface area (Å²) in [7, 11) is -1.21. The number of benzene rings is 2. The van der Waals surface area contributed by atoms with Gasteiger partial charge in [0, 0.05) is 42.5 Å². The molecular formula is C17H12Br2ClNO2S. The second kappa shape index (κ2) is 7.12. The zero-order chi connectivity index (χ0) is 17.4. The number of carbonyl (C=O) groups is 1. The molecule has 124 valence electrons. The van der Waals surface area contributed by atoms with Crippen LogP contribution in [0.1, 0.15) is 10.5 Å². The number of H-pyrrole nitrogens is 1. The van der Waals surface area contributed by atoms with E-state index in [1.54, 1.807) is 6.07 Å². The Balaban J connectivity index is 2.32. The van der Waals surface area contributed by atoms with E-state index in [2.05, 4.69) is 36.8 Å². The minimum atomic E-state index is -1.21. The fourth-order valence-electron chi connectivity index (χ4n) is 2.60. The van der Waals surface area contributed by atoms with Gasteiger partial charge in [-0.1, -0.05) is 39.7 Å². The van der Waals surface area contributed by atoms with Gasteiger partial charge in [0.05, 0.1) is 16.5 Å². The lowest BCUT2D eigenvalue weighted by molar-refractivity contribution is 0.101. The summed E-state index contributed by atoms with van der Waals surface area (Å²) in [5, 5.41) is 1.44. The first kappa shape index (κ1) is 17.9. The molecule has 1 unspecified atom stereocenters. The lowest BCUT2D eigenvalue weighted by atomic mass is 10.0. The summed E-state index contributed by atoms with van der Waals surface area (Å²) >= 11 is 13.1. The van der Waals surface area contributed by atoms with E-state index in [9.17, 15) is 9.00 Å². The van der Waals surface area contributed by atoms with Crippen molar-refractivity contribution in [1.29, 1.82) is 0 Å². The maximum atomic E-state index is 12.6. The number of hydrogen-bond donors (Lipinski definition) is 1. The number of aromatic nitrogens is 1. The Morgan fingerprint density at radius 1 is 1.25 bits per heavy atom. The van der Waals surface area contributed by atoms with Gasteiger partial charge in [0.1, 0.15) is 0 Å². The van der Waals surface area contributed by atoms with Crippen molar-refractivity contribution in [2.24, 2.45) is 0 Å². The number of fused-ring (bicyclic) bond motifs is 1. The molecule has 0 radical (unpaired) electrons. The fraction of sp³-hybridized carbons (Fsp3) is 0.118. The first-order valence-corrected chi connectivity index (χ1v) is 10.7. The summed E-state index contributed by atoms with van der Waals surface area (Å²) < 4.78 is 13.2. The Morgan fingerprint density at radius 2 is 2.00 bits per heavy atom. The fourth-order valence-corrected chi connectivity index (χ4v) is 4.02. The van der Waals surface area contributed by atoms with Crippen LogP contribution in [0.25, 0.3) is 22.0 Å². The van der Waals surface area contributed by atoms with Gasteiger partial charge in [-0.2, -0.15) is 0 Å². The molecule has 0 spiro atoms. The van der Waals surface area contributed by atoms with Gasteiger partial charge in [-0.25, -0.2) is 0 Å². The number of rotatable bonds is 4. The third-order valence-corrected chi connectivity index (χ3v) is 5.92. The van der Waals surface area contributed by atoms with Gasteiger partial charge < -0.3 is 4.98 Å². The van der Waals surface area contributed by atoms with Crippen molar-refractivity contribution in [1.82, 2.24) is 4.98 Å². The van der Waals surface area contributed by atoms with Crippen LogP contribution in [0.4, 0.5) is 0 Å². The van der Waals surface area contributed by atoms with E-state index in [1.807, 2.05) is 30.3 Å². The molecular weight excluding hydrogens is 478 g/mol. The predicted octanol–water partition coefficient (Wildman–Crippen LogP) is 5.57. The Morgan fingerprint density at radius 3 is 2.67 bits per heavy atom. The molecule has 1 N–H and O–H groups in total. The van der Waals surface area contributed by atoms with Crippen molar-refractivity contribution in [2.45, 2.75) is 0 Å². The summed E-state index contributed by atoms with van der Waals surface area (Å²) in [4.78, 5) is 15.7. The van der Waals surface area contributed by atoms with E-state index >= 15 is 0 Å². The standard InChI is InChI=1S/C17H12Br2ClNO2S/c1-24(23)8-15(22)17-16(9-3-2-4-10(18)5-9)11-6-12(19)13(20)7-14(11)21-17/h2-7,21H,8H2,1H3. The molecule has 7 heteroatoms. The highest BCUT2D eigenvalue weighted by molar-refractivity contribution is 9.10. The van der Waals surface area contributed by atoms with Crippen LogP contribution in [0.3, 0.4) is 0 Å². The number of hydrogen-bond acceptors (Lipinski definition) is 2. The number of aromatic amines is 1. The molecule has 1 heterocycles. The molecule has 3 rings (SSSR count). The summed E-state index contributed by atoms with van der Waals surface area (Å²) in [6, 6.07) is 11.4. The van der Waals surface area contributed by atoms with Crippen LogP contribution < -0.4 is 0 Å². The SMILES string of the molecule is CS(=O)CC(=O)c1[nH]c2cc(Cl)c(Br)cc2c1-c1cccc(Br)c1. The molecule has 0 aliphatic rings. The average molecular weight is 490 g/mol. The first-order chi connectivity index (χ1) is 11.4. The number of carbonyl (C=O) groups excluding carboxylic acids is 1. The Kier molecular flexibility index (Phi) is 5.30. The van der Waals surface area contributed by atoms with E-state index in [1.165, 1.54) is 6.26 Å². The minimum absolute atomic E-state index is 0.0251. The highest BCUT2D eigenvalue weighted by Gasteiger charge is 2.21. The van der Waals surface area contributed by atoms with Crippen molar-refractivity contribution in [3.63, 3.8) is 0 Å². The van der Waals surface area contributed by atoms with Gasteiger partial charge in [0.15, 0.2) is 5.78 Å². The molecule has 24 heavy (non-hydrogen) atoms. The lowest BCUT2D eigenvalue weighted by Gasteiger charge is -2.05. The van der Waals surface area contributed by atoms with Crippen molar-refractivity contribution in [3.8, 4) is 11.1 Å². The molecule has 0 saturated carbocycles. The summed E-state index contributed by atoms with van der Waals surface area (Å²) in [6.07, 6.45) is 1.52. The van der Waals surface area contributed by atoms with Gasteiger partial charge in [-0.3, -0.25) is 9.00 Å². The molecule has 1 aromatic heterocycles. The van der Waals surface area contributed by atoms with Crippen molar-refractivity contribution < 1.29 is 9.00 Å². The highest BCUT2D eigenvalue weighted by atomic mass is 79.9. The smallest absolute Gasteiger partial charge is 0.192 e. The quantitative estimate of drug-likeness (QED) is 0.487. The molecule has 3 nitrogen and oxygen atoms in total. The van der Waals surface area contributed by atoms with E-state index < -0.39 is 10.8 Å². The normalized spacial score (nSPS) is 12.5. The molecule has 0 aliphatic heterocycles. The third-order valence-electron chi connectivity index (χ3n) is 3.57. The molecule has 0 bridgehead atoms. The van der Waals surface area contributed by atoms with Crippen LogP contribution in [0.2, 0.25) is 5.02 Å². The molecule has 0 amide bonds. The molecule has 0 fully saturated rings. The van der Waals surface area contributed by atoms with Gasteiger partial charge >= 0.3 is 0 Å². The van der Waals surface area contributed by atoms with E-state index in [0.29, 0.717) is 10.7 Å². The number of Topliss-reactive ketones (excluding diaryl/α,β-unsaturated/α-hetero) is 1. The average Bonchev–Trinajstić information content (AvgIpc) is 2.85.